The number of aliphatic hydroxyl groups is 1. The minimum absolute atomic E-state index is 0.0134. The van der Waals surface area contributed by atoms with Gasteiger partial charge in [-0.1, -0.05) is 59.1 Å². The van der Waals surface area contributed by atoms with Crippen LogP contribution in [0.25, 0.3) is 16.6 Å². The van der Waals surface area contributed by atoms with Crippen LogP contribution in [0.4, 0.5) is 13.2 Å². The van der Waals surface area contributed by atoms with E-state index in [0.29, 0.717) is 10.9 Å². The Balaban J connectivity index is 1.72. The Morgan fingerprint density at radius 1 is 0.969 bits per heavy atom. The van der Waals surface area contributed by atoms with Gasteiger partial charge in [0.25, 0.3) is 0 Å². The molecular formula is C22H14Cl3F3N2O2. The highest BCUT2D eigenvalue weighted by Gasteiger charge is 2.56. The average molecular weight is 502 g/mol. The second kappa shape index (κ2) is 8.48. The molecule has 0 aliphatic heterocycles. The number of nitrogens with zero attached hydrogens (tertiary/aromatic N) is 2. The Morgan fingerprint density at radius 3 is 2.38 bits per heavy atom. The van der Waals surface area contributed by atoms with Crippen LogP contribution in [0.3, 0.4) is 0 Å². The highest BCUT2D eigenvalue weighted by molar-refractivity contribution is 6.44. The van der Waals surface area contributed by atoms with E-state index in [1.807, 2.05) is 30.3 Å². The van der Waals surface area contributed by atoms with E-state index in [4.69, 9.17) is 39.5 Å². The summed E-state index contributed by atoms with van der Waals surface area (Å²) in [4.78, 5) is 0. The molecule has 166 valence electrons. The molecule has 3 aromatic carbocycles. The quantitative estimate of drug-likeness (QED) is 0.305. The lowest BCUT2D eigenvalue weighted by Crippen LogP contribution is -2.47. The summed E-state index contributed by atoms with van der Waals surface area (Å²) in [5.74, 6) is -0.176. The van der Waals surface area contributed by atoms with E-state index in [-0.39, 0.29) is 20.8 Å². The van der Waals surface area contributed by atoms with Crippen LogP contribution in [0.2, 0.25) is 15.1 Å². The molecule has 32 heavy (non-hydrogen) atoms. The Morgan fingerprint density at radius 2 is 1.69 bits per heavy atom. The third-order valence-corrected chi connectivity index (χ3v) is 5.91. The van der Waals surface area contributed by atoms with Gasteiger partial charge >= 0.3 is 6.18 Å². The van der Waals surface area contributed by atoms with Crippen molar-refractivity contribution >= 4 is 45.7 Å². The Kier molecular flexibility index (Phi) is 6.02. The van der Waals surface area contributed by atoms with Crippen molar-refractivity contribution in [3.8, 4) is 11.4 Å². The Bertz CT molecular complexity index is 1280. The van der Waals surface area contributed by atoms with Crippen molar-refractivity contribution in [3.05, 3.63) is 87.5 Å². The lowest BCUT2D eigenvalue weighted by atomic mass is 9.93. The molecule has 0 aliphatic rings. The van der Waals surface area contributed by atoms with E-state index in [1.54, 1.807) is 4.68 Å². The molecule has 0 aliphatic carbocycles. The molecule has 1 aromatic heterocycles. The van der Waals surface area contributed by atoms with Crippen LogP contribution in [0, 0.1) is 0 Å². The third-order valence-electron chi connectivity index (χ3n) is 4.91. The van der Waals surface area contributed by atoms with E-state index in [2.05, 4.69) is 5.10 Å². The summed E-state index contributed by atoms with van der Waals surface area (Å²) < 4.78 is 48.8. The van der Waals surface area contributed by atoms with E-state index >= 15 is 0 Å². The normalized spacial score (nSPS) is 13.8. The van der Waals surface area contributed by atoms with Crippen molar-refractivity contribution in [1.82, 2.24) is 9.78 Å². The SMILES string of the molecule is OC(COc1cc(Cl)cc(Cl)c1Cl)(c1ccc2c(cnn2-c2ccccc2)c1)C(F)(F)F. The molecule has 4 rings (SSSR count). The van der Waals surface area contributed by atoms with Crippen LogP contribution < -0.4 is 4.74 Å². The predicted octanol–water partition coefficient (Wildman–Crippen LogP) is 6.81. The van der Waals surface area contributed by atoms with Gasteiger partial charge in [0.2, 0.25) is 5.60 Å². The van der Waals surface area contributed by atoms with Gasteiger partial charge in [-0.25, -0.2) is 4.68 Å². The van der Waals surface area contributed by atoms with Gasteiger partial charge in [0.15, 0.2) is 0 Å². The van der Waals surface area contributed by atoms with E-state index in [9.17, 15) is 18.3 Å². The summed E-state index contributed by atoms with van der Waals surface area (Å²) >= 11 is 17.8. The van der Waals surface area contributed by atoms with Crippen molar-refractivity contribution in [2.24, 2.45) is 0 Å². The highest BCUT2D eigenvalue weighted by atomic mass is 35.5. The number of fused-ring (bicyclic) bond motifs is 1. The van der Waals surface area contributed by atoms with Gasteiger partial charge < -0.3 is 9.84 Å². The lowest BCUT2D eigenvalue weighted by molar-refractivity contribution is -0.275. The molecule has 0 saturated carbocycles. The van der Waals surface area contributed by atoms with Crippen molar-refractivity contribution in [1.29, 1.82) is 0 Å². The van der Waals surface area contributed by atoms with Gasteiger partial charge in [0.1, 0.15) is 17.4 Å². The fourth-order valence-electron chi connectivity index (χ4n) is 3.21. The first-order chi connectivity index (χ1) is 15.1. The second-order valence-corrected chi connectivity index (χ2v) is 8.23. The van der Waals surface area contributed by atoms with Crippen molar-refractivity contribution in [2.45, 2.75) is 11.8 Å². The maximum Gasteiger partial charge on any atom is 0.424 e. The summed E-state index contributed by atoms with van der Waals surface area (Å²) in [6.45, 7) is -1.16. The number of hydrogen-bond donors (Lipinski definition) is 1. The Hall–Kier alpha value is -2.45. The molecule has 0 amide bonds. The van der Waals surface area contributed by atoms with Crippen LogP contribution in [0.15, 0.2) is 66.9 Å². The molecule has 0 radical (unpaired) electrons. The standard InChI is InChI=1S/C22H14Cl3F3N2O2/c23-15-9-17(24)20(25)19(10-15)32-12-21(31,22(26,27)28)14-6-7-18-13(8-14)11-29-30(18)16-4-2-1-3-5-16/h1-11,31H,12H2. The molecule has 4 nitrogen and oxygen atoms in total. The van der Waals surface area contributed by atoms with Gasteiger partial charge in [-0.3, -0.25) is 0 Å². The predicted molar refractivity (Wildman–Crippen MR) is 118 cm³/mol. The summed E-state index contributed by atoms with van der Waals surface area (Å²) in [5, 5.41) is 15.4. The second-order valence-electron chi connectivity index (χ2n) is 7.01. The number of ether oxygens (including phenoxy) is 1. The van der Waals surface area contributed by atoms with E-state index < -0.39 is 23.9 Å². The molecule has 0 saturated heterocycles. The monoisotopic (exact) mass is 500 g/mol. The van der Waals surface area contributed by atoms with E-state index in [1.165, 1.54) is 36.5 Å². The zero-order chi connectivity index (χ0) is 23.1. The molecule has 0 fully saturated rings. The summed E-state index contributed by atoms with van der Waals surface area (Å²) in [6.07, 6.45) is -3.62. The molecule has 10 heteroatoms. The number of halogens is 6. The minimum atomic E-state index is -5.05. The van der Waals surface area contributed by atoms with E-state index in [0.717, 1.165) is 5.69 Å². The molecule has 0 bridgehead atoms. The van der Waals surface area contributed by atoms with Crippen LogP contribution in [-0.4, -0.2) is 27.7 Å². The van der Waals surface area contributed by atoms with Gasteiger partial charge in [-0.15, -0.1) is 0 Å². The van der Waals surface area contributed by atoms with Gasteiger partial charge in [0.05, 0.1) is 22.4 Å². The maximum atomic E-state index is 14.0. The topological polar surface area (TPSA) is 47.3 Å². The summed E-state index contributed by atoms with van der Waals surface area (Å²) in [7, 11) is 0. The van der Waals surface area contributed by atoms with Crippen LogP contribution in [0.5, 0.6) is 5.75 Å². The summed E-state index contributed by atoms with van der Waals surface area (Å²) in [5.41, 5.74) is -2.41. The van der Waals surface area contributed by atoms with Crippen LogP contribution in [-0.2, 0) is 5.60 Å². The molecule has 1 N–H and O–H groups in total. The van der Waals surface area contributed by atoms with Crippen molar-refractivity contribution < 1.29 is 23.0 Å². The summed E-state index contributed by atoms with van der Waals surface area (Å²) in [6, 6.07) is 15.6. The van der Waals surface area contributed by atoms with Gasteiger partial charge in [-0.2, -0.15) is 18.3 Å². The fraction of sp³-hybridized carbons (Fsp3) is 0.136. The number of alkyl halides is 3. The van der Waals surface area contributed by atoms with Crippen molar-refractivity contribution in [2.75, 3.05) is 6.61 Å². The highest BCUT2D eigenvalue weighted by Crippen LogP contribution is 2.42. The van der Waals surface area contributed by atoms with Crippen LogP contribution >= 0.6 is 34.8 Å². The third kappa shape index (κ3) is 4.13. The first kappa shape index (κ1) is 22.7. The van der Waals surface area contributed by atoms with Crippen molar-refractivity contribution in [3.63, 3.8) is 0 Å². The molecule has 0 spiro atoms. The molecule has 1 heterocycles. The van der Waals surface area contributed by atoms with Crippen LogP contribution in [0.1, 0.15) is 5.56 Å². The first-order valence-corrected chi connectivity index (χ1v) is 10.3. The zero-order valence-electron chi connectivity index (χ0n) is 16.1. The lowest BCUT2D eigenvalue weighted by Gasteiger charge is -2.31. The fourth-order valence-corrected chi connectivity index (χ4v) is 3.85. The van der Waals surface area contributed by atoms with Gasteiger partial charge in [-0.05, 0) is 35.9 Å². The first-order valence-electron chi connectivity index (χ1n) is 9.20. The molecule has 1 atom stereocenters. The molecular weight excluding hydrogens is 488 g/mol. The molecule has 4 aromatic rings. The number of hydrogen-bond acceptors (Lipinski definition) is 3. The number of benzene rings is 3. The molecule has 1 unspecified atom stereocenters. The smallest absolute Gasteiger partial charge is 0.424 e. The Labute approximate surface area is 195 Å². The number of rotatable bonds is 5. The maximum absolute atomic E-state index is 14.0. The average Bonchev–Trinajstić information content (AvgIpc) is 3.18. The number of aromatic nitrogens is 2. The van der Waals surface area contributed by atoms with Gasteiger partial charge in [0, 0.05) is 16.5 Å². The number of para-hydroxylation sites is 1. The largest absolute Gasteiger partial charge is 0.488 e. The minimum Gasteiger partial charge on any atom is -0.488 e. The zero-order valence-corrected chi connectivity index (χ0v) is 18.3.